The third-order valence-electron chi connectivity index (χ3n) is 5.50. The van der Waals surface area contributed by atoms with E-state index in [0.29, 0.717) is 3.92 Å². The summed E-state index contributed by atoms with van der Waals surface area (Å²) in [6.07, 6.45) is 5.90. The van der Waals surface area contributed by atoms with E-state index in [0.717, 1.165) is 30.3 Å². The second kappa shape index (κ2) is 4.48. The van der Waals surface area contributed by atoms with Crippen molar-refractivity contribution in [1.29, 1.82) is 0 Å². The van der Waals surface area contributed by atoms with Crippen molar-refractivity contribution < 1.29 is 0 Å². The molecule has 5 rings (SSSR count). The van der Waals surface area contributed by atoms with Crippen LogP contribution in [-0.4, -0.2) is 6.04 Å². The molecule has 2 heteroatoms. The predicted octanol–water partition coefficient (Wildman–Crippen LogP) is 4.07. The molecule has 1 aromatic rings. The fraction of sp³-hybridized carbons (Fsp3) is 0.625. The summed E-state index contributed by atoms with van der Waals surface area (Å²) < 4.78 is 0.715. The molecule has 1 heterocycles. The van der Waals surface area contributed by atoms with E-state index in [2.05, 4.69) is 52.2 Å². The molecular formula is C16H20IN. The van der Waals surface area contributed by atoms with Crippen LogP contribution in [0.25, 0.3) is 0 Å². The van der Waals surface area contributed by atoms with Crippen LogP contribution in [0.3, 0.4) is 0 Å². The number of nitrogens with one attached hydrogen (secondary N) is 1. The van der Waals surface area contributed by atoms with Gasteiger partial charge in [-0.05, 0) is 54.6 Å². The Labute approximate surface area is 123 Å². The van der Waals surface area contributed by atoms with Crippen LogP contribution in [0.1, 0.15) is 40.7 Å². The molecule has 4 aliphatic rings. The number of benzene rings is 1. The van der Waals surface area contributed by atoms with Crippen molar-refractivity contribution in [2.45, 2.75) is 42.2 Å². The first-order valence-electron chi connectivity index (χ1n) is 7.30. The maximum atomic E-state index is 3.90. The van der Waals surface area contributed by atoms with Crippen molar-refractivity contribution >= 4 is 22.6 Å². The lowest BCUT2D eigenvalue weighted by molar-refractivity contribution is 0.0541. The lowest BCUT2D eigenvalue weighted by atomic mass is 9.60. The minimum Gasteiger partial charge on any atom is -0.309 e. The number of halogens is 1. The van der Waals surface area contributed by atoms with Gasteiger partial charge in [-0.2, -0.15) is 0 Å². The number of hydrogen-bond donors (Lipinski definition) is 1. The molecule has 0 aromatic heterocycles. The van der Waals surface area contributed by atoms with Gasteiger partial charge in [0.25, 0.3) is 0 Å². The molecule has 3 aliphatic carbocycles. The van der Waals surface area contributed by atoms with E-state index < -0.39 is 0 Å². The fourth-order valence-corrected chi connectivity index (χ4v) is 6.26. The summed E-state index contributed by atoms with van der Waals surface area (Å²) in [5.41, 5.74) is 3.14. The third-order valence-corrected chi connectivity index (χ3v) is 7.00. The molecule has 1 N–H and O–H groups in total. The third kappa shape index (κ3) is 1.68. The van der Waals surface area contributed by atoms with Crippen LogP contribution in [0.2, 0.25) is 0 Å². The lowest BCUT2D eigenvalue weighted by Crippen LogP contribution is -2.51. The Kier molecular flexibility index (Phi) is 2.92. The van der Waals surface area contributed by atoms with Gasteiger partial charge in [-0.15, -0.1) is 0 Å². The van der Waals surface area contributed by atoms with Crippen LogP contribution in [0, 0.1) is 17.8 Å². The quantitative estimate of drug-likeness (QED) is 0.548. The van der Waals surface area contributed by atoms with E-state index in [-0.39, 0.29) is 0 Å². The summed E-state index contributed by atoms with van der Waals surface area (Å²) in [4.78, 5) is 0. The first-order chi connectivity index (χ1) is 8.84. The lowest BCUT2D eigenvalue weighted by Gasteiger charge is -2.50. The van der Waals surface area contributed by atoms with Gasteiger partial charge in [0, 0.05) is 16.5 Å². The largest absolute Gasteiger partial charge is 0.309 e. The maximum absolute atomic E-state index is 3.90. The Hall–Kier alpha value is -0.0900. The van der Waals surface area contributed by atoms with Gasteiger partial charge in [-0.3, -0.25) is 0 Å². The van der Waals surface area contributed by atoms with Crippen molar-refractivity contribution in [1.82, 2.24) is 5.32 Å². The summed E-state index contributed by atoms with van der Waals surface area (Å²) in [6.45, 7) is 1.08. The van der Waals surface area contributed by atoms with Crippen LogP contribution in [-0.2, 0) is 6.54 Å². The SMILES string of the molecule is IC1c2ccccc2CNC2C3CCC(CC3)C12. The molecule has 0 radical (unpaired) electrons. The summed E-state index contributed by atoms with van der Waals surface area (Å²) in [5.74, 6) is 2.80. The van der Waals surface area contributed by atoms with Crippen LogP contribution in [0.5, 0.6) is 0 Å². The van der Waals surface area contributed by atoms with Crippen LogP contribution < -0.4 is 5.32 Å². The average Bonchev–Trinajstić information content (AvgIpc) is 2.60. The van der Waals surface area contributed by atoms with Gasteiger partial charge < -0.3 is 5.32 Å². The monoisotopic (exact) mass is 353 g/mol. The standard InChI is InChI=1S/C16H20IN/c17-15-13-4-2-1-3-12(13)9-18-16-11-7-5-10(6-8-11)14(15)16/h1-4,10-11,14-16,18H,5-9H2. The molecule has 3 saturated carbocycles. The van der Waals surface area contributed by atoms with E-state index in [9.17, 15) is 0 Å². The maximum Gasteiger partial charge on any atom is 0.0408 e. The summed E-state index contributed by atoms with van der Waals surface area (Å²) in [5, 5.41) is 3.90. The van der Waals surface area contributed by atoms with E-state index in [1.807, 2.05) is 0 Å². The molecule has 0 saturated heterocycles. The van der Waals surface area contributed by atoms with Crippen molar-refractivity contribution in [3.8, 4) is 0 Å². The molecule has 3 fully saturated rings. The Morgan fingerprint density at radius 1 is 1.00 bits per heavy atom. The highest BCUT2D eigenvalue weighted by Crippen LogP contribution is 2.53. The Bertz CT molecular complexity index is 450. The zero-order valence-electron chi connectivity index (χ0n) is 10.6. The van der Waals surface area contributed by atoms with Gasteiger partial charge in [0.1, 0.15) is 0 Å². The predicted molar refractivity (Wildman–Crippen MR) is 82.8 cm³/mol. The second-order valence-electron chi connectivity index (χ2n) is 6.26. The smallest absolute Gasteiger partial charge is 0.0408 e. The van der Waals surface area contributed by atoms with E-state index >= 15 is 0 Å². The second-order valence-corrected chi connectivity index (χ2v) is 7.60. The molecule has 2 bridgehead atoms. The van der Waals surface area contributed by atoms with Gasteiger partial charge in [0.05, 0.1) is 0 Å². The highest BCUT2D eigenvalue weighted by atomic mass is 127. The van der Waals surface area contributed by atoms with Gasteiger partial charge in [-0.1, -0.05) is 46.9 Å². The summed E-state index contributed by atoms with van der Waals surface area (Å²) in [7, 11) is 0. The van der Waals surface area contributed by atoms with Gasteiger partial charge in [0.2, 0.25) is 0 Å². The Morgan fingerprint density at radius 2 is 1.72 bits per heavy atom. The first-order valence-corrected chi connectivity index (χ1v) is 8.54. The normalized spacial score (nSPS) is 41.9. The molecule has 1 nitrogen and oxygen atoms in total. The first kappa shape index (κ1) is 11.7. The Balaban J connectivity index is 1.76. The van der Waals surface area contributed by atoms with Crippen molar-refractivity contribution in [2.24, 2.45) is 17.8 Å². The van der Waals surface area contributed by atoms with E-state index in [1.165, 1.54) is 31.2 Å². The molecular weight excluding hydrogens is 333 g/mol. The molecule has 3 unspecified atom stereocenters. The Morgan fingerprint density at radius 3 is 2.56 bits per heavy atom. The fourth-order valence-electron chi connectivity index (χ4n) is 4.62. The molecule has 0 amide bonds. The highest BCUT2D eigenvalue weighted by Gasteiger charge is 2.47. The molecule has 0 spiro atoms. The summed E-state index contributed by atoms with van der Waals surface area (Å²) in [6, 6.07) is 9.86. The van der Waals surface area contributed by atoms with Crippen LogP contribution in [0.15, 0.2) is 24.3 Å². The van der Waals surface area contributed by atoms with Crippen molar-refractivity contribution in [2.75, 3.05) is 0 Å². The van der Waals surface area contributed by atoms with Gasteiger partial charge in [0.15, 0.2) is 0 Å². The van der Waals surface area contributed by atoms with Crippen LogP contribution >= 0.6 is 22.6 Å². The highest BCUT2D eigenvalue weighted by molar-refractivity contribution is 14.1. The van der Waals surface area contributed by atoms with E-state index in [4.69, 9.17) is 0 Å². The van der Waals surface area contributed by atoms with Crippen LogP contribution in [0.4, 0.5) is 0 Å². The number of alkyl halides is 1. The van der Waals surface area contributed by atoms with E-state index in [1.54, 1.807) is 5.56 Å². The average molecular weight is 353 g/mol. The van der Waals surface area contributed by atoms with Crippen molar-refractivity contribution in [3.63, 3.8) is 0 Å². The molecule has 96 valence electrons. The van der Waals surface area contributed by atoms with Gasteiger partial charge >= 0.3 is 0 Å². The van der Waals surface area contributed by atoms with Crippen molar-refractivity contribution in [3.05, 3.63) is 35.4 Å². The number of hydrogen-bond acceptors (Lipinski definition) is 1. The zero-order chi connectivity index (χ0) is 12.1. The molecule has 3 atom stereocenters. The number of fused-ring (bicyclic) bond motifs is 3. The molecule has 1 aliphatic heterocycles. The zero-order valence-corrected chi connectivity index (χ0v) is 12.8. The molecule has 18 heavy (non-hydrogen) atoms. The molecule has 1 aromatic carbocycles. The minimum atomic E-state index is 0.715. The minimum absolute atomic E-state index is 0.715. The van der Waals surface area contributed by atoms with Gasteiger partial charge in [-0.25, -0.2) is 0 Å². The number of rotatable bonds is 0. The summed E-state index contributed by atoms with van der Waals surface area (Å²) >= 11 is 2.73. The topological polar surface area (TPSA) is 12.0 Å².